The highest BCUT2D eigenvalue weighted by Crippen LogP contribution is 2.43. The zero-order valence-corrected chi connectivity index (χ0v) is 13.5. The van der Waals surface area contributed by atoms with Crippen LogP contribution < -0.4 is 5.30 Å². The minimum Gasteiger partial charge on any atom is -0.264 e. The van der Waals surface area contributed by atoms with Crippen molar-refractivity contribution in [3.05, 3.63) is 54.9 Å². The second-order valence-electron chi connectivity index (χ2n) is 4.39. The molecule has 0 aliphatic carbocycles. The van der Waals surface area contributed by atoms with Gasteiger partial charge in [-0.3, -0.25) is 8.84 Å². The molecule has 2 aliphatic heterocycles. The molecule has 7 heteroatoms. The summed E-state index contributed by atoms with van der Waals surface area (Å²) in [6, 6.07) is 10.1. The molecule has 0 amide bonds. The molecule has 0 saturated heterocycles. The van der Waals surface area contributed by atoms with Crippen molar-refractivity contribution in [3.8, 4) is 0 Å². The van der Waals surface area contributed by atoms with Gasteiger partial charge in [-0.2, -0.15) is 0 Å². The smallest absolute Gasteiger partial charge is 0.154 e. The van der Waals surface area contributed by atoms with Gasteiger partial charge in [0.25, 0.3) is 0 Å². The SMILES string of the molecule is ClN1CC=CN=C1P(C1=NC=CCN1Cl)c1ccccc1. The van der Waals surface area contributed by atoms with Gasteiger partial charge in [-0.1, -0.05) is 30.3 Å². The average molecular weight is 339 g/mol. The highest BCUT2D eigenvalue weighted by molar-refractivity contribution is 7.95. The zero-order chi connectivity index (χ0) is 14.7. The minimum absolute atomic E-state index is 0.622. The predicted molar refractivity (Wildman–Crippen MR) is 91.3 cm³/mol. The second kappa shape index (κ2) is 6.61. The second-order valence-corrected chi connectivity index (χ2v) is 7.19. The highest BCUT2D eigenvalue weighted by Gasteiger charge is 2.31. The predicted octanol–water partition coefficient (Wildman–Crippen LogP) is 3.47. The molecule has 0 aromatic heterocycles. The summed E-state index contributed by atoms with van der Waals surface area (Å²) in [7, 11) is -0.985. The van der Waals surface area contributed by atoms with Gasteiger partial charge in [0.15, 0.2) is 11.2 Å². The van der Waals surface area contributed by atoms with Crippen LogP contribution >= 0.6 is 31.5 Å². The van der Waals surface area contributed by atoms with Crippen LogP contribution in [-0.2, 0) is 0 Å². The summed E-state index contributed by atoms with van der Waals surface area (Å²) in [5, 5.41) is 1.12. The molecule has 0 fully saturated rings. The average Bonchev–Trinajstić information content (AvgIpc) is 2.52. The fourth-order valence-corrected chi connectivity index (χ4v) is 4.81. The molecule has 2 heterocycles. The maximum Gasteiger partial charge on any atom is 0.154 e. The summed E-state index contributed by atoms with van der Waals surface area (Å²) in [6.45, 7) is 1.24. The number of rotatable bonds is 3. The van der Waals surface area contributed by atoms with Crippen LogP contribution in [-0.4, -0.2) is 33.1 Å². The maximum absolute atomic E-state index is 6.33. The van der Waals surface area contributed by atoms with E-state index in [-0.39, 0.29) is 0 Å². The van der Waals surface area contributed by atoms with Gasteiger partial charge < -0.3 is 0 Å². The van der Waals surface area contributed by atoms with Crippen molar-refractivity contribution in [1.82, 2.24) is 8.84 Å². The van der Waals surface area contributed by atoms with Crippen LogP contribution in [0.1, 0.15) is 0 Å². The first-order valence-electron chi connectivity index (χ1n) is 6.45. The molecular formula is C14H13Cl2N4P. The van der Waals surface area contributed by atoms with Crippen LogP contribution in [0.25, 0.3) is 0 Å². The lowest BCUT2D eigenvalue weighted by Gasteiger charge is -2.31. The van der Waals surface area contributed by atoms with Crippen LogP contribution in [0.3, 0.4) is 0 Å². The van der Waals surface area contributed by atoms with Crippen molar-refractivity contribution in [3.63, 3.8) is 0 Å². The molecule has 3 rings (SSSR count). The number of aliphatic imine (C=N–C) groups is 2. The van der Waals surface area contributed by atoms with Gasteiger partial charge in [-0.15, -0.1) is 0 Å². The van der Waals surface area contributed by atoms with Crippen LogP contribution in [0.4, 0.5) is 0 Å². The molecular weight excluding hydrogens is 326 g/mol. The van der Waals surface area contributed by atoms with Gasteiger partial charge in [-0.25, -0.2) is 9.98 Å². The number of halogens is 2. The Balaban J connectivity index is 2.07. The van der Waals surface area contributed by atoms with Crippen LogP contribution in [0.2, 0.25) is 0 Å². The fraction of sp³-hybridized carbons (Fsp3) is 0.143. The molecule has 0 atom stereocenters. The van der Waals surface area contributed by atoms with E-state index in [0.29, 0.717) is 13.1 Å². The first-order valence-corrected chi connectivity index (χ1v) is 8.46. The third-order valence-corrected chi connectivity index (χ3v) is 6.13. The van der Waals surface area contributed by atoms with Crippen molar-refractivity contribution in [1.29, 1.82) is 0 Å². The van der Waals surface area contributed by atoms with Crippen molar-refractivity contribution >= 4 is 47.9 Å². The van der Waals surface area contributed by atoms with E-state index in [4.69, 9.17) is 23.6 Å². The Morgan fingerprint density at radius 3 is 1.86 bits per heavy atom. The van der Waals surface area contributed by atoms with Crippen LogP contribution in [0, 0.1) is 0 Å². The molecule has 0 saturated carbocycles. The number of hydrogen-bond acceptors (Lipinski definition) is 4. The van der Waals surface area contributed by atoms with E-state index in [2.05, 4.69) is 22.1 Å². The maximum atomic E-state index is 6.33. The van der Waals surface area contributed by atoms with E-state index >= 15 is 0 Å². The summed E-state index contributed by atoms with van der Waals surface area (Å²) >= 11 is 12.7. The standard InChI is InChI=1S/C14H13Cl2N4P/c15-19-10-4-8-17-13(19)21(12-6-2-1-3-7-12)14-18-9-5-11-20(14)16/h1-9H,10-11H2. The molecule has 0 N–H and O–H groups in total. The first kappa shape index (κ1) is 14.6. The Bertz CT molecular complexity index is 591. The van der Waals surface area contributed by atoms with E-state index in [0.717, 1.165) is 16.5 Å². The van der Waals surface area contributed by atoms with Crippen molar-refractivity contribution in [2.75, 3.05) is 13.1 Å². The van der Waals surface area contributed by atoms with E-state index in [1.807, 2.05) is 30.4 Å². The van der Waals surface area contributed by atoms with Crippen molar-refractivity contribution in [2.24, 2.45) is 9.98 Å². The third-order valence-electron chi connectivity index (χ3n) is 2.97. The van der Waals surface area contributed by atoms with Gasteiger partial charge in [0.2, 0.25) is 0 Å². The summed E-state index contributed by atoms with van der Waals surface area (Å²) in [4.78, 5) is 8.93. The van der Waals surface area contributed by atoms with Crippen LogP contribution in [0.15, 0.2) is 64.9 Å². The summed E-state index contributed by atoms with van der Waals surface area (Å²) in [5.74, 6) is 0. The summed E-state index contributed by atoms with van der Waals surface area (Å²) in [5.41, 5.74) is 1.58. The lowest BCUT2D eigenvalue weighted by Crippen LogP contribution is -2.33. The fourth-order valence-electron chi connectivity index (χ4n) is 2.04. The first-order chi connectivity index (χ1) is 10.3. The molecule has 0 bridgehead atoms. The molecule has 1 aromatic rings. The molecule has 1 aromatic carbocycles. The van der Waals surface area contributed by atoms with Gasteiger partial charge in [0.05, 0.1) is 21.0 Å². The minimum atomic E-state index is -0.985. The molecule has 0 unspecified atom stereocenters. The van der Waals surface area contributed by atoms with E-state index in [1.165, 1.54) is 0 Å². The Kier molecular flexibility index (Phi) is 4.59. The largest absolute Gasteiger partial charge is 0.264 e. The third kappa shape index (κ3) is 3.13. The Morgan fingerprint density at radius 1 is 0.857 bits per heavy atom. The van der Waals surface area contributed by atoms with Crippen molar-refractivity contribution < 1.29 is 0 Å². The number of amidine groups is 2. The molecule has 0 radical (unpaired) electrons. The van der Waals surface area contributed by atoms with Crippen LogP contribution in [0.5, 0.6) is 0 Å². The summed E-state index contributed by atoms with van der Waals surface area (Å²) in [6.07, 6.45) is 7.39. The van der Waals surface area contributed by atoms with E-state index in [9.17, 15) is 0 Å². The number of hydrogen-bond donors (Lipinski definition) is 0. The Labute approximate surface area is 135 Å². The molecule has 21 heavy (non-hydrogen) atoms. The molecule has 0 spiro atoms. The monoisotopic (exact) mass is 338 g/mol. The van der Waals surface area contributed by atoms with E-state index < -0.39 is 7.92 Å². The lowest BCUT2D eigenvalue weighted by molar-refractivity contribution is 0.731. The number of benzene rings is 1. The Hall–Kier alpha value is -1.35. The highest BCUT2D eigenvalue weighted by atomic mass is 35.5. The topological polar surface area (TPSA) is 31.2 Å². The lowest BCUT2D eigenvalue weighted by atomic mass is 10.4. The van der Waals surface area contributed by atoms with Crippen molar-refractivity contribution in [2.45, 2.75) is 0 Å². The van der Waals surface area contributed by atoms with Gasteiger partial charge in [0.1, 0.15) is 0 Å². The number of nitrogens with zero attached hydrogens (tertiary/aromatic N) is 4. The molecule has 4 nitrogen and oxygen atoms in total. The van der Waals surface area contributed by atoms with E-state index in [1.54, 1.807) is 21.2 Å². The normalized spacial score (nSPS) is 18.0. The molecule has 2 aliphatic rings. The van der Waals surface area contributed by atoms with Gasteiger partial charge in [-0.05, 0) is 17.5 Å². The van der Waals surface area contributed by atoms with Gasteiger partial charge in [0, 0.05) is 36.0 Å². The summed E-state index contributed by atoms with van der Waals surface area (Å²) < 4.78 is 3.26. The zero-order valence-electron chi connectivity index (χ0n) is 11.1. The van der Waals surface area contributed by atoms with Gasteiger partial charge >= 0.3 is 0 Å². The Morgan fingerprint density at radius 2 is 1.38 bits per heavy atom. The quantitative estimate of drug-likeness (QED) is 0.624. The molecule has 108 valence electrons.